The largest absolute Gasteiger partial charge is 0.378 e. The zero-order valence-corrected chi connectivity index (χ0v) is 9.86. The lowest BCUT2D eigenvalue weighted by molar-refractivity contribution is 0.749. The molecule has 0 radical (unpaired) electrons. The molecule has 4 nitrogen and oxygen atoms in total. The monoisotopic (exact) mass is 226 g/mol. The zero-order chi connectivity index (χ0) is 11.8. The highest BCUT2D eigenvalue weighted by molar-refractivity contribution is 5.81. The average Bonchev–Trinajstić information content (AvgIpc) is 2.74. The Morgan fingerprint density at radius 1 is 1.18 bits per heavy atom. The van der Waals surface area contributed by atoms with Gasteiger partial charge in [0, 0.05) is 11.3 Å². The van der Waals surface area contributed by atoms with Crippen molar-refractivity contribution < 1.29 is 0 Å². The third-order valence-electron chi connectivity index (χ3n) is 2.95. The second-order valence-corrected chi connectivity index (χ2v) is 4.30. The summed E-state index contributed by atoms with van der Waals surface area (Å²) in [5.41, 5.74) is 3.48. The predicted molar refractivity (Wildman–Crippen MR) is 67.0 cm³/mol. The van der Waals surface area contributed by atoms with Gasteiger partial charge in [-0.05, 0) is 25.5 Å². The first kappa shape index (κ1) is 10.1. The first-order valence-electron chi connectivity index (χ1n) is 5.67. The van der Waals surface area contributed by atoms with Gasteiger partial charge in [-0.15, -0.1) is 0 Å². The number of aromatic nitrogens is 3. The fraction of sp³-hybridized carbons (Fsp3) is 0.231. The Morgan fingerprint density at radius 3 is 2.82 bits per heavy atom. The molecule has 1 atom stereocenters. The maximum absolute atomic E-state index is 4.39. The predicted octanol–water partition coefficient (Wildman–Crippen LogP) is 1.87. The molecule has 1 aromatic heterocycles. The number of nitrogens with one attached hydrogen (secondary N) is 2. The first-order valence-corrected chi connectivity index (χ1v) is 5.67. The highest BCUT2D eigenvalue weighted by atomic mass is 15.2. The minimum Gasteiger partial charge on any atom is -0.378 e. The molecule has 2 aliphatic rings. The number of rotatable bonds is 1. The Kier molecular flexibility index (Phi) is 2.21. The van der Waals surface area contributed by atoms with Gasteiger partial charge in [0.1, 0.15) is 5.82 Å². The number of aromatic amines is 1. The van der Waals surface area contributed by atoms with Crippen molar-refractivity contribution in [3.63, 3.8) is 0 Å². The number of H-pyrrole nitrogens is 1. The van der Waals surface area contributed by atoms with Crippen molar-refractivity contribution in [2.45, 2.75) is 19.9 Å². The molecule has 2 N–H and O–H groups in total. The lowest BCUT2D eigenvalue weighted by atomic mass is 9.90. The molecule has 0 saturated carbocycles. The molecule has 0 spiro atoms. The van der Waals surface area contributed by atoms with Crippen LogP contribution in [0.2, 0.25) is 0 Å². The van der Waals surface area contributed by atoms with Gasteiger partial charge in [-0.1, -0.05) is 24.3 Å². The van der Waals surface area contributed by atoms with Gasteiger partial charge in [0.05, 0.1) is 6.04 Å². The Bertz CT molecular complexity index is 572. The molecule has 0 fully saturated rings. The summed E-state index contributed by atoms with van der Waals surface area (Å²) in [6.45, 7) is 3.97. The number of fused-ring (bicyclic) bond motifs is 1. The van der Waals surface area contributed by atoms with Crippen LogP contribution >= 0.6 is 0 Å². The molecule has 86 valence electrons. The minimum atomic E-state index is 0.235. The molecule has 1 unspecified atom stereocenters. The van der Waals surface area contributed by atoms with Crippen LogP contribution in [0, 0.1) is 6.92 Å². The summed E-state index contributed by atoms with van der Waals surface area (Å²) in [5, 5.41) is 10.5. The summed E-state index contributed by atoms with van der Waals surface area (Å²) in [7, 11) is 0. The van der Waals surface area contributed by atoms with Crippen LogP contribution < -0.4 is 5.32 Å². The average molecular weight is 226 g/mol. The summed E-state index contributed by atoms with van der Waals surface area (Å²) in [5.74, 6) is 1.60. The normalized spacial score (nSPS) is 22.2. The number of allylic oxidation sites excluding steroid dienone is 5. The summed E-state index contributed by atoms with van der Waals surface area (Å²) in [6, 6.07) is 0.235. The Balaban J connectivity index is 2.05. The van der Waals surface area contributed by atoms with Crippen molar-refractivity contribution in [3.8, 4) is 0 Å². The fourth-order valence-electron chi connectivity index (χ4n) is 2.12. The van der Waals surface area contributed by atoms with E-state index in [9.17, 15) is 0 Å². The van der Waals surface area contributed by atoms with Gasteiger partial charge >= 0.3 is 0 Å². The molecular formula is C13H14N4. The molecule has 0 amide bonds. The van der Waals surface area contributed by atoms with Gasteiger partial charge in [-0.2, -0.15) is 5.10 Å². The van der Waals surface area contributed by atoms with Gasteiger partial charge in [-0.3, -0.25) is 5.10 Å². The highest BCUT2D eigenvalue weighted by Gasteiger charge is 2.23. The Morgan fingerprint density at radius 2 is 2.06 bits per heavy atom. The summed E-state index contributed by atoms with van der Waals surface area (Å²) < 4.78 is 0. The summed E-state index contributed by atoms with van der Waals surface area (Å²) in [4.78, 5) is 4.39. The molecule has 0 saturated heterocycles. The van der Waals surface area contributed by atoms with Gasteiger partial charge in [-0.25, -0.2) is 4.98 Å². The van der Waals surface area contributed by atoms with Crippen LogP contribution in [-0.2, 0) is 0 Å². The van der Waals surface area contributed by atoms with E-state index >= 15 is 0 Å². The first-order chi connectivity index (χ1) is 8.24. The highest BCUT2D eigenvalue weighted by Crippen LogP contribution is 2.29. The van der Waals surface area contributed by atoms with Crippen molar-refractivity contribution in [2.24, 2.45) is 0 Å². The summed E-state index contributed by atoms with van der Waals surface area (Å²) in [6.07, 6.45) is 10.5. The quantitative estimate of drug-likeness (QED) is 0.768. The van der Waals surface area contributed by atoms with Crippen molar-refractivity contribution in [1.29, 1.82) is 0 Å². The van der Waals surface area contributed by atoms with Crippen LogP contribution in [0.15, 0.2) is 41.7 Å². The third-order valence-corrected chi connectivity index (χ3v) is 2.95. The van der Waals surface area contributed by atoms with Crippen LogP contribution in [0.1, 0.15) is 18.6 Å². The lowest BCUT2D eigenvalue weighted by Crippen LogP contribution is -2.31. The SMILES string of the molecule is CC1=CC=C2C(c3n[nH]c(C)n3)=CC=CC2N1. The van der Waals surface area contributed by atoms with Crippen LogP contribution in [0.4, 0.5) is 0 Å². The molecule has 1 aromatic rings. The Hall–Kier alpha value is -2.10. The molecular weight excluding hydrogens is 212 g/mol. The van der Waals surface area contributed by atoms with Crippen LogP contribution in [-0.4, -0.2) is 21.2 Å². The smallest absolute Gasteiger partial charge is 0.181 e. The van der Waals surface area contributed by atoms with Crippen LogP contribution in [0.25, 0.3) is 5.57 Å². The van der Waals surface area contributed by atoms with Gasteiger partial charge < -0.3 is 5.32 Å². The topological polar surface area (TPSA) is 53.6 Å². The molecule has 17 heavy (non-hydrogen) atoms. The molecule has 0 aromatic carbocycles. The van der Waals surface area contributed by atoms with Crippen molar-refractivity contribution in [3.05, 3.63) is 53.3 Å². The van der Waals surface area contributed by atoms with E-state index in [-0.39, 0.29) is 6.04 Å². The maximum Gasteiger partial charge on any atom is 0.181 e. The zero-order valence-electron chi connectivity index (χ0n) is 9.86. The van der Waals surface area contributed by atoms with E-state index in [1.165, 1.54) is 11.3 Å². The minimum absolute atomic E-state index is 0.235. The van der Waals surface area contributed by atoms with Crippen molar-refractivity contribution >= 4 is 5.57 Å². The maximum atomic E-state index is 4.39. The van der Waals surface area contributed by atoms with Crippen LogP contribution in [0.5, 0.6) is 0 Å². The number of dihydropyridines is 1. The second-order valence-electron chi connectivity index (χ2n) is 4.30. The van der Waals surface area contributed by atoms with Gasteiger partial charge in [0.15, 0.2) is 5.82 Å². The van der Waals surface area contributed by atoms with Gasteiger partial charge in [0.25, 0.3) is 0 Å². The lowest BCUT2D eigenvalue weighted by Gasteiger charge is -2.26. The molecule has 3 rings (SSSR count). The summed E-state index contributed by atoms with van der Waals surface area (Å²) >= 11 is 0. The van der Waals surface area contributed by atoms with Crippen LogP contribution in [0.3, 0.4) is 0 Å². The molecule has 4 heteroatoms. The van der Waals surface area contributed by atoms with E-state index in [0.29, 0.717) is 0 Å². The van der Waals surface area contributed by atoms with E-state index in [1.54, 1.807) is 0 Å². The standard InChI is InChI=1S/C13H14N4/c1-8-6-7-10-11(4-3-5-12(10)14-8)13-15-9(2)16-17-13/h3-7,12,14H,1-2H3,(H,15,16,17). The number of hydrogen-bond donors (Lipinski definition) is 2. The number of hydrogen-bond acceptors (Lipinski definition) is 3. The number of nitrogens with zero attached hydrogens (tertiary/aromatic N) is 2. The molecule has 1 aliphatic heterocycles. The molecule has 2 heterocycles. The fourth-order valence-corrected chi connectivity index (χ4v) is 2.12. The third kappa shape index (κ3) is 1.71. The van der Waals surface area contributed by atoms with E-state index < -0.39 is 0 Å². The molecule has 0 bridgehead atoms. The Labute approximate surface area is 99.8 Å². The van der Waals surface area contributed by atoms with E-state index in [2.05, 4.69) is 57.8 Å². The van der Waals surface area contributed by atoms with E-state index in [4.69, 9.17) is 0 Å². The van der Waals surface area contributed by atoms with E-state index in [0.717, 1.165) is 17.2 Å². The van der Waals surface area contributed by atoms with Crippen molar-refractivity contribution in [1.82, 2.24) is 20.5 Å². The number of aryl methyl sites for hydroxylation is 1. The van der Waals surface area contributed by atoms with E-state index in [1.807, 2.05) is 6.92 Å². The second kappa shape index (κ2) is 3.73. The molecule has 1 aliphatic carbocycles. The van der Waals surface area contributed by atoms with Crippen molar-refractivity contribution in [2.75, 3.05) is 0 Å². The van der Waals surface area contributed by atoms with Gasteiger partial charge in [0.2, 0.25) is 0 Å².